The average molecular weight is 272 g/mol. The molecule has 0 N–H and O–H groups in total. The first-order valence-corrected chi connectivity index (χ1v) is 7.08. The summed E-state index contributed by atoms with van der Waals surface area (Å²) in [5, 5.41) is 5.62. The van der Waals surface area contributed by atoms with Gasteiger partial charge in [0.2, 0.25) is 0 Å². The highest BCUT2D eigenvalue weighted by molar-refractivity contribution is 6.27. The van der Waals surface area contributed by atoms with Crippen LogP contribution in [0.3, 0.4) is 0 Å². The van der Waals surface area contributed by atoms with Crippen LogP contribution < -0.4 is 5.01 Å². The first-order valence-electron chi connectivity index (χ1n) is 7.08. The Morgan fingerprint density at radius 3 is 2.40 bits per heavy atom. The molecular weight excluding hydrogens is 252 g/mol. The molecular formula is C16H20N2O2. The smallest absolute Gasteiger partial charge is 0.263 e. The number of hydrazone groups is 1. The molecule has 2 rings (SSSR count). The van der Waals surface area contributed by atoms with Gasteiger partial charge < -0.3 is 0 Å². The van der Waals surface area contributed by atoms with Gasteiger partial charge in [0.25, 0.3) is 5.91 Å². The van der Waals surface area contributed by atoms with Crippen molar-refractivity contribution in [2.24, 2.45) is 16.9 Å². The Morgan fingerprint density at radius 2 is 1.85 bits per heavy atom. The molecule has 1 aromatic carbocycles. The molecule has 1 aromatic rings. The molecule has 1 aliphatic rings. The molecule has 0 saturated carbocycles. The number of amides is 1. The van der Waals surface area contributed by atoms with E-state index in [9.17, 15) is 9.59 Å². The Hall–Kier alpha value is -1.97. The lowest BCUT2D eigenvalue weighted by molar-refractivity contribution is -0.131. The van der Waals surface area contributed by atoms with Crippen molar-refractivity contribution in [3.63, 3.8) is 0 Å². The van der Waals surface area contributed by atoms with Gasteiger partial charge in [0.05, 0.1) is 11.4 Å². The van der Waals surface area contributed by atoms with Gasteiger partial charge in [-0.05, 0) is 31.9 Å². The van der Waals surface area contributed by atoms with Gasteiger partial charge >= 0.3 is 0 Å². The van der Waals surface area contributed by atoms with Crippen LogP contribution in [0.1, 0.15) is 33.6 Å². The summed E-state index contributed by atoms with van der Waals surface area (Å²) >= 11 is 0. The molecule has 0 aromatic heterocycles. The Balaban J connectivity index is 2.26. The van der Waals surface area contributed by atoms with Crippen molar-refractivity contribution >= 4 is 23.1 Å². The second kappa shape index (κ2) is 5.99. The molecule has 0 aliphatic carbocycles. The average Bonchev–Trinajstić information content (AvgIpc) is 2.76. The number of rotatable bonds is 5. The summed E-state index contributed by atoms with van der Waals surface area (Å²) in [6.45, 7) is 5.71. The molecule has 20 heavy (non-hydrogen) atoms. The summed E-state index contributed by atoms with van der Waals surface area (Å²) in [6, 6.07) is 9.22. The fourth-order valence-corrected chi connectivity index (χ4v) is 2.57. The number of Topliss-reactive ketones (excluding diaryl/α,β-unsaturated/α-hetero) is 1. The molecule has 1 aliphatic heterocycles. The molecule has 106 valence electrons. The third-order valence-electron chi connectivity index (χ3n) is 3.80. The van der Waals surface area contributed by atoms with Gasteiger partial charge in [-0.1, -0.05) is 32.0 Å². The number of carbonyl (C=O) groups excluding carboxylic acids is 2. The lowest BCUT2D eigenvalue weighted by Crippen LogP contribution is -2.36. The monoisotopic (exact) mass is 272 g/mol. The van der Waals surface area contributed by atoms with Gasteiger partial charge in [-0.3, -0.25) is 9.59 Å². The maximum absolute atomic E-state index is 12.5. The van der Waals surface area contributed by atoms with Gasteiger partial charge in [0.1, 0.15) is 5.92 Å². The lowest BCUT2D eigenvalue weighted by Gasteiger charge is -2.17. The van der Waals surface area contributed by atoms with Gasteiger partial charge in [-0.2, -0.15) is 10.1 Å². The third kappa shape index (κ3) is 2.50. The van der Waals surface area contributed by atoms with Crippen LogP contribution in [0.25, 0.3) is 0 Å². The van der Waals surface area contributed by atoms with E-state index in [1.54, 1.807) is 6.92 Å². The number of nitrogens with zero attached hydrogens (tertiary/aromatic N) is 2. The summed E-state index contributed by atoms with van der Waals surface area (Å²) in [5.41, 5.74) is 1.30. The zero-order valence-corrected chi connectivity index (χ0v) is 12.2. The van der Waals surface area contributed by atoms with E-state index in [0.29, 0.717) is 11.4 Å². The fourth-order valence-electron chi connectivity index (χ4n) is 2.57. The van der Waals surface area contributed by atoms with E-state index in [1.165, 1.54) is 5.01 Å². The van der Waals surface area contributed by atoms with E-state index in [1.807, 2.05) is 44.2 Å². The molecule has 0 radical (unpaired) electrons. The molecule has 1 heterocycles. The predicted molar refractivity (Wildman–Crippen MR) is 79.6 cm³/mol. The maximum Gasteiger partial charge on any atom is 0.263 e. The van der Waals surface area contributed by atoms with E-state index < -0.39 is 5.92 Å². The summed E-state index contributed by atoms with van der Waals surface area (Å²) in [4.78, 5) is 25.0. The molecule has 4 heteroatoms. The van der Waals surface area contributed by atoms with E-state index in [2.05, 4.69) is 5.10 Å². The van der Waals surface area contributed by atoms with Gasteiger partial charge in [-0.25, -0.2) is 0 Å². The summed E-state index contributed by atoms with van der Waals surface area (Å²) in [6.07, 6.45) is 1.52. The SMILES string of the molecule is CCC(CC)C(=O)C1C(=O)N(c2ccccc2)N=C1C. The van der Waals surface area contributed by atoms with Crippen molar-refractivity contribution in [3.05, 3.63) is 30.3 Å². The van der Waals surface area contributed by atoms with Crippen LogP contribution in [0.2, 0.25) is 0 Å². The number of carbonyl (C=O) groups is 2. The van der Waals surface area contributed by atoms with Gasteiger partial charge in [-0.15, -0.1) is 0 Å². The molecule has 1 atom stereocenters. The minimum Gasteiger partial charge on any atom is -0.298 e. The van der Waals surface area contributed by atoms with Crippen molar-refractivity contribution < 1.29 is 9.59 Å². The van der Waals surface area contributed by atoms with Crippen LogP contribution in [0.15, 0.2) is 35.4 Å². The highest BCUT2D eigenvalue weighted by Crippen LogP contribution is 2.27. The first kappa shape index (κ1) is 14.4. The first-order chi connectivity index (χ1) is 9.60. The molecule has 0 bridgehead atoms. The predicted octanol–water partition coefficient (Wildman–Crippen LogP) is 3.03. The molecule has 0 spiro atoms. The molecule has 0 saturated heterocycles. The number of hydrogen-bond acceptors (Lipinski definition) is 3. The highest BCUT2D eigenvalue weighted by Gasteiger charge is 2.41. The van der Waals surface area contributed by atoms with Crippen molar-refractivity contribution in [1.29, 1.82) is 0 Å². The van der Waals surface area contributed by atoms with E-state index in [0.717, 1.165) is 12.8 Å². The second-order valence-corrected chi connectivity index (χ2v) is 5.08. The zero-order chi connectivity index (χ0) is 14.7. The number of para-hydroxylation sites is 1. The minimum atomic E-state index is -0.708. The Bertz CT molecular complexity index is 533. The summed E-state index contributed by atoms with van der Waals surface area (Å²) < 4.78 is 0. The Kier molecular flexibility index (Phi) is 4.32. The van der Waals surface area contributed by atoms with Crippen molar-refractivity contribution in [3.8, 4) is 0 Å². The van der Waals surface area contributed by atoms with Gasteiger partial charge in [0.15, 0.2) is 5.78 Å². The fraction of sp³-hybridized carbons (Fsp3) is 0.438. The molecule has 1 unspecified atom stereocenters. The standard InChI is InChI=1S/C16H20N2O2/c1-4-12(5-2)15(19)14-11(3)17-18(16(14)20)13-9-7-6-8-10-13/h6-10,12,14H,4-5H2,1-3H3. The zero-order valence-electron chi connectivity index (χ0n) is 12.2. The van der Waals surface area contributed by atoms with E-state index in [4.69, 9.17) is 0 Å². The van der Waals surface area contributed by atoms with Crippen LogP contribution in [-0.4, -0.2) is 17.4 Å². The largest absolute Gasteiger partial charge is 0.298 e. The van der Waals surface area contributed by atoms with E-state index in [-0.39, 0.29) is 17.6 Å². The minimum absolute atomic E-state index is 0.000295. The van der Waals surface area contributed by atoms with Crippen LogP contribution in [0.4, 0.5) is 5.69 Å². The number of anilines is 1. The third-order valence-corrected chi connectivity index (χ3v) is 3.80. The summed E-state index contributed by atoms with van der Waals surface area (Å²) in [5.74, 6) is -1.00. The van der Waals surface area contributed by atoms with Crippen LogP contribution in [-0.2, 0) is 9.59 Å². The molecule has 0 fully saturated rings. The van der Waals surface area contributed by atoms with Crippen molar-refractivity contribution in [2.75, 3.05) is 5.01 Å². The highest BCUT2D eigenvalue weighted by atomic mass is 16.2. The van der Waals surface area contributed by atoms with Crippen LogP contribution >= 0.6 is 0 Å². The lowest BCUT2D eigenvalue weighted by atomic mass is 9.86. The molecule has 4 nitrogen and oxygen atoms in total. The second-order valence-electron chi connectivity index (χ2n) is 5.08. The number of hydrogen-bond donors (Lipinski definition) is 0. The normalized spacial score (nSPS) is 18.6. The van der Waals surface area contributed by atoms with Crippen LogP contribution in [0.5, 0.6) is 0 Å². The van der Waals surface area contributed by atoms with Crippen LogP contribution in [0, 0.1) is 11.8 Å². The van der Waals surface area contributed by atoms with E-state index >= 15 is 0 Å². The van der Waals surface area contributed by atoms with Crippen molar-refractivity contribution in [2.45, 2.75) is 33.6 Å². The topological polar surface area (TPSA) is 49.7 Å². The van der Waals surface area contributed by atoms with Crippen molar-refractivity contribution in [1.82, 2.24) is 0 Å². The summed E-state index contributed by atoms with van der Waals surface area (Å²) in [7, 11) is 0. The Morgan fingerprint density at radius 1 is 1.25 bits per heavy atom. The number of ketones is 1. The molecule has 1 amide bonds. The Labute approximate surface area is 119 Å². The number of benzene rings is 1. The maximum atomic E-state index is 12.5. The quantitative estimate of drug-likeness (QED) is 0.774. The van der Waals surface area contributed by atoms with Gasteiger partial charge in [0, 0.05) is 5.92 Å².